The lowest BCUT2D eigenvalue weighted by atomic mass is 10.1. The van der Waals surface area contributed by atoms with Crippen molar-refractivity contribution in [3.63, 3.8) is 0 Å². The summed E-state index contributed by atoms with van der Waals surface area (Å²) in [5, 5.41) is 7.68. The van der Waals surface area contributed by atoms with Crippen LogP contribution < -0.4 is 15.4 Å². The van der Waals surface area contributed by atoms with Crippen molar-refractivity contribution in [1.82, 2.24) is 15.6 Å². The molecule has 0 bridgehead atoms. The summed E-state index contributed by atoms with van der Waals surface area (Å²) in [5.41, 5.74) is 1.36. The summed E-state index contributed by atoms with van der Waals surface area (Å²) in [4.78, 5) is 28.8. The molecule has 0 unspecified atom stereocenters. The molecule has 6 nitrogen and oxygen atoms in total. The zero-order valence-corrected chi connectivity index (χ0v) is 15.4. The number of carbonyl (C=O) groups is 2. The molecular formula is C22H21N3O3. The van der Waals surface area contributed by atoms with Crippen molar-refractivity contribution < 1.29 is 14.3 Å². The van der Waals surface area contributed by atoms with Crippen LogP contribution in [-0.2, 0) is 11.3 Å². The molecule has 0 saturated heterocycles. The molecule has 0 aliphatic heterocycles. The smallest absolute Gasteiger partial charge is 0.258 e. The van der Waals surface area contributed by atoms with Crippen molar-refractivity contribution in [3.8, 4) is 5.75 Å². The fourth-order valence-corrected chi connectivity index (χ4v) is 2.93. The Morgan fingerprint density at radius 3 is 2.46 bits per heavy atom. The molecular weight excluding hydrogens is 354 g/mol. The van der Waals surface area contributed by atoms with E-state index in [0.717, 1.165) is 29.2 Å². The molecule has 28 heavy (non-hydrogen) atoms. The van der Waals surface area contributed by atoms with E-state index >= 15 is 0 Å². The SMILES string of the molecule is O=C(COc1cc2ccccc2cc1C(=O)NCc1ccncc1)NC1CC1. The zero-order chi connectivity index (χ0) is 19.3. The van der Waals surface area contributed by atoms with Gasteiger partial charge in [0, 0.05) is 25.0 Å². The molecule has 2 amide bonds. The molecule has 3 aromatic rings. The minimum Gasteiger partial charge on any atom is -0.483 e. The highest BCUT2D eigenvalue weighted by atomic mass is 16.5. The summed E-state index contributed by atoms with van der Waals surface area (Å²) >= 11 is 0. The lowest BCUT2D eigenvalue weighted by molar-refractivity contribution is -0.123. The molecule has 1 saturated carbocycles. The van der Waals surface area contributed by atoms with Gasteiger partial charge >= 0.3 is 0 Å². The van der Waals surface area contributed by atoms with Gasteiger partial charge in [-0.1, -0.05) is 24.3 Å². The highest BCUT2D eigenvalue weighted by Crippen LogP contribution is 2.26. The summed E-state index contributed by atoms with van der Waals surface area (Å²) < 4.78 is 5.73. The van der Waals surface area contributed by atoms with Crippen LogP contribution >= 0.6 is 0 Å². The lowest BCUT2D eigenvalue weighted by Gasteiger charge is -2.13. The Hall–Kier alpha value is -3.41. The second kappa shape index (κ2) is 8.08. The molecule has 2 aromatic carbocycles. The van der Waals surface area contributed by atoms with Crippen molar-refractivity contribution in [1.29, 1.82) is 0 Å². The summed E-state index contributed by atoms with van der Waals surface area (Å²) in [6.07, 6.45) is 5.41. The number of nitrogens with zero attached hydrogens (tertiary/aromatic N) is 1. The second-order valence-corrected chi connectivity index (χ2v) is 6.86. The van der Waals surface area contributed by atoms with E-state index in [1.807, 2.05) is 36.4 Å². The molecule has 0 atom stereocenters. The highest BCUT2D eigenvalue weighted by molar-refractivity contribution is 6.01. The number of amides is 2. The van der Waals surface area contributed by atoms with Gasteiger partial charge in [-0.2, -0.15) is 0 Å². The molecule has 4 rings (SSSR count). The predicted octanol–water partition coefficient (Wildman–Crippen LogP) is 2.82. The molecule has 1 aliphatic carbocycles. The Morgan fingerprint density at radius 2 is 1.75 bits per heavy atom. The topological polar surface area (TPSA) is 80.3 Å². The van der Waals surface area contributed by atoms with E-state index < -0.39 is 0 Å². The average molecular weight is 375 g/mol. The number of nitrogens with one attached hydrogen (secondary N) is 2. The average Bonchev–Trinajstić information content (AvgIpc) is 3.54. The van der Waals surface area contributed by atoms with Crippen LogP contribution in [0.5, 0.6) is 5.75 Å². The molecule has 1 aromatic heterocycles. The Morgan fingerprint density at radius 1 is 1.04 bits per heavy atom. The minimum absolute atomic E-state index is 0.112. The number of pyridine rings is 1. The Kier molecular flexibility index (Phi) is 5.19. The number of ether oxygens (including phenoxy) is 1. The summed E-state index contributed by atoms with van der Waals surface area (Å²) in [6, 6.07) is 15.3. The van der Waals surface area contributed by atoms with Gasteiger partial charge in [0.25, 0.3) is 11.8 Å². The van der Waals surface area contributed by atoms with Crippen molar-refractivity contribution in [2.24, 2.45) is 0 Å². The maximum absolute atomic E-state index is 12.8. The molecule has 0 radical (unpaired) electrons. The molecule has 1 fully saturated rings. The van der Waals surface area contributed by atoms with Crippen LogP contribution in [0.15, 0.2) is 60.9 Å². The van der Waals surface area contributed by atoms with Gasteiger partial charge in [0.1, 0.15) is 5.75 Å². The van der Waals surface area contributed by atoms with Crippen LogP contribution in [-0.4, -0.2) is 29.4 Å². The number of hydrogen-bond acceptors (Lipinski definition) is 4. The second-order valence-electron chi connectivity index (χ2n) is 6.86. The maximum atomic E-state index is 12.8. The summed E-state index contributed by atoms with van der Waals surface area (Å²) in [7, 11) is 0. The number of rotatable bonds is 7. The van der Waals surface area contributed by atoms with Gasteiger partial charge in [-0.05, 0) is 53.4 Å². The third kappa shape index (κ3) is 4.46. The quantitative estimate of drug-likeness (QED) is 0.665. The Labute approximate surface area is 162 Å². The van der Waals surface area contributed by atoms with Gasteiger partial charge in [0.2, 0.25) is 0 Å². The zero-order valence-electron chi connectivity index (χ0n) is 15.4. The van der Waals surface area contributed by atoms with E-state index in [1.165, 1.54) is 0 Å². The molecule has 142 valence electrons. The first kappa shape index (κ1) is 18.0. The van der Waals surface area contributed by atoms with Crippen molar-refractivity contribution >= 4 is 22.6 Å². The van der Waals surface area contributed by atoms with E-state index in [-0.39, 0.29) is 24.5 Å². The van der Waals surface area contributed by atoms with E-state index in [4.69, 9.17) is 4.74 Å². The van der Waals surface area contributed by atoms with Crippen molar-refractivity contribution in [3.05, 3.63) is 72.1 Å². The van der Waals surface area contributed by atoms with Crippen LogP contribution in [0.1, 0.15) is 28.8 Å². The molecule has 6 heteroatoms. The van der Waals surface area contributed by atoms with Crippen molar-refractivity contribution in [2.45, 2.75) is 25.4 Å². The van der Waals surface area contributed by atoms with Crippen LogP contribution in [0.4, 0.5) is 0 Å². The van der Waals surface area contributed by atoms with Crippen LogP contribution in [0.2, 0.25) is 0 Å². The van der Waals surface area contributed by atoms with E-state index in [1.54, 1.807) is 24.5 Å². The third-order valence-electron chi connectivity index (χ3n) is 4.60. The number of carbonyl (C=O) groups excluding carboxylic acids is 2. The number of hydrogen-bond donors (Lipinski definition) is 2. The summed E-state index contributed by atoms with van der Waals surface area (Å²) in [6.45, 7) is 0.273. The van der Waals surface area contributed by atoms with E-state index in [0.29, 0.717) is 17.9 Å². The fraction of sp³-hybridized carbons (Fsp3) is 0.227. The minimum atomic E-state index is -0.250. The van der Waals surface area contributed by atoms with E-state index in [2.05, 4.69) is 15.6 Å². The normalized spacial score (nSPS) is 13.1. The first-order chi connectivity index (χ1) is 13.7. The van der Waals surface area contributed by atoms with Gasteiger partial charge < -0.3 is 15.4 Å². The largest absolute Gasteiger partial charge is 0.483 e. The van der Waals surface area contributed by atoms with Crippen LogP contribution in [0.25, 0.3) is 10.8 Å². The highest BCUT2D eigenvalue weighted by Gasteiger charge is 2.23. The van der Waals surface area contributed by atoms with Crippen molar-refractivity contribution in [2.75, 3.05) is 6.61 Å². The van der Waals surface area contributed by atoms with Gasteiger partial charge in [0.05, 0.1) is 5.56 Å². The first-order valence-corrected chi connectivity index (χ1v) is 9.31. The fourth-order valence-electron chi connectivity index (χ4n) is 2.93. The van der Waals surface area contributed by atoms with Gasteiger partial charge in [-0.3, -0.25) is 14.6 Å². The summed E-state index contributed by atoms with van der Waals surface area (Å²) in [5.74, 6) is -0.0177. The lowest BCUT2D eigenvalue weighted by Crippen LogP contribution is -2.31. The molecule has 0 spiro atoms. The van der Waals surface area contributed by atoms with E-state index in [9.17, 15) is 9.59 Å². The number of aromatic nitrogens is 1. The predicted molar refractivity (Wildman–Crippen MR) is 106 cm³/mol. The van der Waals surface area contributed by atoms with Crippen LogP contribution in [0.3, 0.4) is 0 Å². The number of benzene rings is 2. The molecule has 1 aliphatic rings. The number of fused-ring (bicyclic) bond motifs is 1. The monoisotopic (exact) mass is 375 g/mol. The van der Waals surface area contributed by atoms with Gasteiger partial charge in [0.15, 0.2) is 6.61 Å². The Balaban J connectivity index is 1.53. The third-order valence-corrected chi connectivity index (χ3v) is 4.60. The van der Waals surface area contributed by atoms with Gasteiger partial charge in [-0.25, -0.2) is 0 Å². The standard InChI is InChI=1S/C22H21N3O3/c26-21(25-18-5-6-18)14-28-20-12-17-4-2-1-3-16(17)11-19(20)22(27)24-13-15-7-9-23-10-8-15/h1-4,7-12,18H,5-6,13-14H2,(H,24,27)(H,25,26). The van der Waals surface area contributed by atoms with Gasteiger partial charge in [-0.15, -0.1) is 0 Å². The van der Waals surface area contributed by atoms with Crippen LogP contribution in [0, 0.1) is 0 Å². The maximum Gasteiger partial charge on any atom is 0.258 e. The molecule has 1 heterocycles. The Bertz CT molecular complexity index is 1000. The first-order valence-electron chi connectivity index (χ1n) is 9.31. The molecule has 2 N–H and O–H groups in total.